The number of ketones is 1. The van der Waals surface area contributed by atoms with Crippen LogP contribution in [0.25, 0.3) is 0 Å². The topological polar surface area (TPSA) is 54.4 Å². The van der Waals surface area contributed by atoms with Crippen molar-refractivity contribution in [3.05, 3.63) is 12.2 Å². The highest BCUT2D eigenvalue weighted by atomic mass is 16.4. The fourth-order valence-corrected chi connectivity index (χ4v) is 2.18. The molecule has 0 heterocycles. The molecule has 1 fully saturated rings. The Morgan fingerprint density at radius 1 is 1.53 bits per heavy atom. The summed E-state index contributed by atoms with van der Waals surface area (Å²) >= 11 is 0. The minimum absolute atomic E-state index is 0.0519. The predicted molar refractivity (Wildman–Crippen MR) is 57.5 cm³/mol. The molecule has 1 saturated carbocycles. The maximum atomic E-state index is 11.5. The van der Waals surface area contributed by atoms with Gasteiger partial charge in [-0.15, -0.1) is 0 Å². The number of hydrogen-bond donors (Lipinski definition) is 1. The Morgan fingerprint density at radius 2 is 2.27 bits per heavy atom. The average molecular weight is 210 g/mol. The minimum Gasteiger partial charge on any atom is -0.481 e. The summed E-state index contributed by atoms with van der Waals surface area (Å²) in [5.41, 5.74) is 0. The first kappa shape index (κ1) is 12.0. The predicted octanol–water partition coefficient (Wildman–Crippen LogP) is 2.41. The van der Waals surface area contributed by atoms with Gasteiger partial charge in [0.25, 0.3) is 0 Å². The van der Waals surface area contributed by atoms with E-state index in [1.165, 1.54) is 0 Å². The van der Waals surface area contributed by atoms with Gasteiger partial charge in [-0.3, -0.25) is 9.59 Å². The van der Waals surface area contributed by atoms with Crippen LogP contribution < -0.4 is 0 Å². The van der Waals surface area contributed by atoms with Gasteiger partial charge in [0.1, 0.15) is 5.78 Å². The zero-order valence-corrected chi connectivity index (χ0v) is 9.11. The first-order valence-corrected chi connectivity index (χ1v) is 5.54. The molecule has 0 aromatic carbocycles. The molecule has 0 bridgehead atoms. The molecular formula is C12H18O3. The van der Waals surface area contributed by atoms with E-state index in [1.807, 2.05) is 19.1 Å². The molecule has 1 rings (SSSR count). The minimum atomic E-state index is -0.792. The number of aliphatic carboxylic acids is 1. The molecule has 0 aromatic heterocycles. The smallest absolute Gasteiger partial charge is 0.303 e. The van der Waals surface area contributed by atoms with E-state index < -0.39 is 5.97 Å². The zero-order valence-electron chi connectivity index (χ0n) is 9.11. The van der Waals surface area contributed by atoms with Crippen molar-refractivity contribution in [2.24, 2.45) is 11.8 Å². The molecule has 0 aliphatic heterocycles. The molecule has 2 unspecified atom stereocenters. The monoisotopic (exact) mass is 210 g/mol. The summed E-state index contributed by atoms with van der Waals surface area (Å²) in [4.78, 5) is 22.1. The Kier molecular flexibility index (Phi) is 4.53. The number of carbonyl (C=O) groups excluding carboxylic acids is 1. The second-order valence-electron chi connectivity index (χ2n) is 4.08. The van der Waals surface area contributed by atoms with E-state index in [2.05, 4.69) is 0 Å². The quantitative estimate of drug-likeness (QED) is 0.709. The summed E-state index contributed by atoms with van der Waals surface area (Å²) < 4.78 is 0. The summed E-state index contributed by atoms with van der Waals surface area (Å²) in [7, 11) is 0. The van der Waals surface area contributed by atoms with Gasteiger partial charge in [0.2, 0.25) is 0 Å². The second kappa shape index (κ2) is 5.69. The first-order valence-electron chi connectivity index (χ1n) is 5.54. The summed E-state index contributed by atoms with van der Waals surface area (Å²) in [6, 6.07) is 0. The van der Waals surface area contributed by atoms with Crippen LogP contribution in [-0.2, 0) is 9.59 Å². The fraction of sp³-hybridized carbons (Fsp3) is 0.667. The average Bonchev–Trinajstić information content (AvgIpc) is 2.49. The molecule has 84 valence electrons. The SMILES string of the molecule is CC/C=C/CC1C(=O)CCC1CC(=O)O. The molecule has 1 aliphatic rings. The molecule has 0 spiro atoms. The number of Topliss-reactive ketones (excluding diaryl/α,β-unsaturated/α-hetero) is 1. The van der Waals surface area contributed by atoms with Gasteiger partial charge < -0.3 is 5.11 Å². The van der Waals surface area contributed by atoms with Crippen molar-refractivity contribution < 1.29 is 14.7 Å². The molecule has 0 saturated heterocycles. The van der Waals surface area contributed by atoms with Crippen LogP contribution in [0, 0.1) is 11.8 Å². The Balaban J connectivity index is 2.52. The van der Waals surface area contributed by atoms with Crippen LogP contribution in [0.3, 0.4) is 0 Å². The van der Waals surface area contributed by atoms with Crippen molar-refractivity contribution >= 4 is 11.8 Å². The lowest BCUT2D eigenvalue weighted by molar-refractivity contribution is -0.138. The van der Waals surface area contributed by atoms with Crippen molar-refractivity contribution in [3.8, 4) is 0 Å². The molecule has 2 atom stereocenters. The van der Waals surface area contributed by atoms with Crippen molar-refractivity contribution in [3.63, 3.8) is 0 Å². The second-order valence-corrected chi connectivity index (χ2v) is 4.08. The van der Waals surface area contributed by atoms with E-state index >= 15 is 0 Å². The van der Waals surface area contributed by atoms with Gasteiger partial charge in [0.15, 0.2) is 0 Å². The van der Waals surface area contributed by atoms with Gasteiger partial charge >= 0.3 is 5.97 Å². The van der Waals surface area contributed by atoms with Gasteiger partial charge in [-0.1, -0.05) is 19.1 Å². The van der Waals surface area contributed by atoms with Gasteiger partial charge in [-0.05, 0) is 25.2 Å². The van der Waals surface area contributed by atoms with Gasteiger partial charge in [-0.25, -0.2) is 0 Å². The maximum Gasteiger partial charge on any atom is 0.303 e. The maximum absolute atomic E-state index is 11.5. The third kappa shape index (κ3) is 3.50. The molecule has 0 amide bonds. The zero-order chi connectivity index (χ0) is 11.3. The molecule has 15 heavy (non-hydrogen) atoms. The van der Waals surface area contributed by atoms with E-state index in [4.69, 9.17) is 5.11 Å². The molecular weight excluding hydrogens is 192 g/mol. The van der Waals surface area contributed by atoms with Gasteiger partial charge in [0, 0.05) is 18.8 Å². The van der Waals surface area contributed by atoms with Crippen LogP contribution in [0.15, 0.2) is 12.2 Å². The van der Waals surface area contributed by atoms with Crippen molar-refractivity contribution in [1.29, 1.82) is 0 Å². The Hall–Kier alpha value is -1.12. The fourth-order valence-electron chi connectivity index (χ4n) is 2.18. The Bertz CT molecular complexity index is 268. The van der Waals surface area contributed by atoms with Crippen LogP contribution in [-0.4, -0.2) is 16.9 Å². The number of allylic oxidation sites excluding steroid dienone is 2. The largest absolute Gasteiger partial charge is 0.481 e. The van der Waals surface area contributed by atoms with Crippen molar-refractivity contribution in [2.75, 3.05) is 0 Å². The molecule has 1 aliphatic carbocycles. The van der Waals surface area contributed by atoms with Crippen LogP contribution in [0.5, 0.6) is 0 Å². The summed E-state index contributed by atoms with van der Waals surface area (Å²) in [5, 5.41) is 8.72. The van der Waals surface area contributed by atoms with Crippen LogP contribution in [0.1, 0.15) is 39.0 Å². The number of carbonyl (C=O) groups is 2. The summed E-state index contributed by atoms with van der Waals surface area (Å²) in [5.74, 6) is -0.554. The molecule has 1 N–H and O–H groups in total. The number of carboxylic acids is 1. The van der Waals surface area contributed by atoms with Crippen LogP contribution in [0.2, 0.25) is 0 Å². The van der Waals surface area contributed by atoms with Crippen LogP contribution >= 0.6 is 0 Å². The normalized spacial score (nSPS) is 26.3. The third-order valence-electron chi connectivity index (χ3n) is 2.97. The first-order chi connectivity index (χ1) is 7.15. The number of hydrogen-bond acceptors (Lipinski definition) is 2. The lowest BCUT2D eigenvalue weighted by atomic mass is 9.89. The highest BCUT2D eigenvalue weighted by molar-refractivity contribution is 5.84. The number of carboxylic acid groups (broad SMARTS) is 1. The van der Waals surface area contributed by atoms with Crippen LogP contribution in [0.4, 0.5) is 0 Å². The molecule has 3 nitrogen and oxygen atoms in total. The van der Waals surface area contributed by atoms with Crippen molar-refractivity contribution in [1.82, 2.24) is 0 Å². The highest BCUT2D eigenvalue weighted by Gasteiger charge is 2.34. The van der Waals surface area contributed by atoms with E-state index in [-0.39, 0.29) is 24.0 Å². The number of rotatable bonds is 5. The lowest BCUT2D eigenvalue weighted by Crippen LogP contribution is -2.17. The van der Waals surface area contributed by atoms with E-state index in [0.29, 0.717) is 12.8 Å². The standard InChI is InChI=1S/C12H18O3/c1-2-3-4-5-10-9(8-12(14)15)6-7-11(10)13/h3-4,9-10H,2,5-8H2,1H3,(H,14,15)/b4-3+. The summed E-state index contributed by atoms with van der Waals surface area (Å²) in [6.45, 7) is 2.04. The highest BCUT2D eigenvalue weighted by Crippen LogP contribution is 2.33. The Labute approximate surface area is 90.2 Å². The molecule has 0 aromatic rings. The molecule has 0 radical (unpaired) electrons. The van der Waals surface area contributed by atoms with Gasteiger partial charge in [-0.2, -0.15) is 0 Å². The van der Waals surface area contributed by atoms with E-state index in [9.17, 15) is 9.59 Å². The van der Waals surface area contributed by atoms with E-state index in [0.717, 1.165) is 12.8 Å². The summed E-state index contributed by atoms with van der Waals surface area (Å²) in [6.07, 6.45) is 7.15. The van der Waals surface area contributed by atoms with E-state index in [1.54, 1.807) is 0 Å². The van der Waals surface area contributed by atoms with Crippen molar-refractivity contribution in [2.45, 2.75) is 39.0 Å². The van der Waals surface area contributed by atoms with Gasteiger partial charge in [0.05, 0.1) is 0 Å². The molecule has 3 heteroatoms. The lowest BCUT2D eigenvalue weighted by Gasteiger charge is -2.14. The third-order valence-corrected chi connectivity index (χ3v) is 2.97. The Morgan fingerprint density at radius 3 is 2.87 bits per heavy atom.